The van der Waals surface area contributed by atoms with E-state index in [1.54, 1.807) is 19.9 Å². The highest BCUT2D eigenvalue weighted by atomic mass is 35.5. The fourth-order valence-corrected chi connectivity index (χ4v) is 4.57. The largest absolute Gasteiger partial charge is 0.486 e. The molecule has 0 atom stereocenters. The third-order valence-electron chi connectivity index (χ3n) is 4.12. The van der Waals surface area contributed by atoms with Crippen molar-refractivity contribution in [2.45, 2.75) is 18.7 Å². The standard InChI is InChI=1S/C19H20ClNO6S/c1-3-21(13-5-7-15(16(20)11-13)19(22)25-4-2)28(23,24)14-6-8-17-18(12-14)27-10-9-26-17/h5-8,11-12H,3-4,9-10H2,1-2H3. The zero-order chi connectivity index (χ0) is 20.3. The van der Waals surface area contributed by atoms with Crippen molar-refractivity contribution in [2.24, 2.45) is 0 Å². The van der Waals surface area contributed by atoms with E-state index in [1.165, 1.54) is 34.6 Å². The molecule has 0 aliphatic carbocycles. The minimum atomic E-state index is -3.87. The number of carbonyl (C=O) groups excluding carboxylic acids is 1. The summed E-state index contributed by atoms with van der Waals surface area (Å²) in [5.74, 6) is 0.339. The van der Waals surface area contributed by atoms with Crippen molar-refractivity contribution in [3.05, 3.63) is 47.0 Å². The van der Waals surface area contributed by atoms with Crippen LogP contribution >= 0.6 is 11.6 Å². The average Bonchev–Trinajstić information content (AvgIpc) is 2.68. The van der Waals surface area contributed by atoms with Gasteiger partial charge in [0.05, 0.1) is 27.8 Å². The van der Waals surface area contributed by atoms with Gasteiger partial charge in [-0.15, -0.1) is 0 Å². The van der Waals surface area contributed by atoms with Crippen molar-refractivity contribution in [3.63, 3.8) is 0 Å². The van der Waals surface area contributed by atoms with Gasteiger partial charge in [0.1, 0.15) is 13.2 Å². The van der Waals surface area contributed by atoms with Crippen LogP contribution in [0.5, 0.6) is 11.5 Å². The molecule has 150 valence electrons. The van der Waals surface area contributed by atoms with E-state index in [2.05, 4.69) is 0 Å². The van der Waals surface area contributed by atoms with Gasteiger partial charge in [-0.1, -0.05) is 11.6 Å². The van der Waals surface area contributed by atoms with Crippen molar-refractivity contribution in [1.82, 2.24) is 0 Å². The quantitative estimate of drug-likeness (QED) is 0.659. The lowest BCUT2D eigenvalue weighted by Gasteiger charge is -2.25. The highest BCUT2D eigenvalue weighted by Gasteiger charge is 2.27. The third-order valence-corrected chi connectivity index (χ3v) is 6.34. The molecule has 7 nitrogen and oxygen atoms in total. The molecule has 1 aliphatic rings. The number of fused-ring (bicyclic) bond motifs is 1. The molecular formula is C19H20ClNO6S. The van der Waals surface area contributed by atoms with E-state index in [1.807, 2.05) is 0 Å². The Hall–Kier alpha value is -2.45. The Morgan fingerprint density at radius 3 is 2.46 bits per heavy atom. The smallest absolute Gasteiger partial charge is 0.339 e. The number of ether oxygens (including phenoxy) is 3. The first-order valence-electron chi connectivity index (χ1n) is 8.77. The SMILES string of the molecule is CCOC(=O)c1ccc(N(CC)S(=O)(=O)c2ccc3c(c2)OCCO3)cc1Cl. The highest BCUT2D eigenvalue weighted by molar-refractivity contribution is 7.92. The number of anilines is 1. The maximum Gasteiger partial charge on any atom is 0.339 e. The number of carbonyl (C=O) groups is 1. The Kier molecular flexibility index (Phi) is 6.00. The minimum Gasteiger partial charge on any atom is -0.486 e. The molecule has 0 radical (unpaired) electrons. The normalized spacial score (nSPS) is 13.1. The highest BCUT2D eigenvalue weighted by Crippen LogP contribution is 2.35. The minimum absolute atomic E-state index is 0.0733. The van der Waals surface area contributed by atoms with Crippen molar-refractivity contribution in [2.75, 3.05) is 30.7 Å². The predicted molar refractivity (Wildman–Crippen MR) is 105 cm³/mol. The molecule has 0 amide bonds. The van der Waals surface area contributed by atoms with Gasteiger partial charge in [0, 0.05) is 12.6 Å². The number of hydrogen-bond acceptors (Lipinski definition) is 6. The summed E-state index contributed by atoms with van der Waals surface area (Å²) < 4.78 is 43.4. The lowest BCUT2D eigenvalue weighted by Crippen LogP contribution is -2.31. The lowest BCUT2D eigenvalue weighted by atomic mass is 10.2. The molecule has 0 N–H and O–H groups in total. The van der Waals surface area contributed by atoms with E-state index in [0.29, 0.717) is 30.4 Å². The zero-order valence-electron chi connectivity index (χ0n) is 15.5. The number of esters is 1. The fourth-order valence-electron chi connectivity index (χ4n) is 2.84. The van der Waals surface area contributed by atoms with Gasteiger partial charge in [-0.2, -0.15) is 0 Å². The topological polar surface area (TPSA) is 82.1 Å². The van der Waals surface area contributed by atoms with Crippen LogP contribution in [0.15, 0.2) is 41.3 Å². The van der Waals surface area contributed by atoms with Gasteiger partial charge < -0.3 is 14.2 Å². The predicted octanol–water partition coefficient (Wildman–Crippen LogP) is 3.50. The van der Waals surface area contributed by atoms with Crippen molar-refractivity contribution in [1.29, 1.82) is 0 Å². The van der Waals surface area contributed by atoms with Gasteiger partial charge in [0.15, 0.2) is 11.5 Å². The lowest BCUT2D eigenvalue weighted by molar-refractivity contribution is 0.0526. The molecule has 28 heavy (non-hydrogen) atoms. The van der Waals surface area contributed by atoms with Crippen LogP contribution in [0, 0.1) is 0 Å². The monoisotopic (exact) mass is 425 g/mol. The summed E-state index contributed by atoms with van der Waals surface area (Å²) in [6.45, 7) is 4.58. The molecule has 0 unspecified atom stereocenters. The summed E-state index contributed by atoms with van der Waals surface area (Å²) in [4.78, 5) is 12.0. The van der Waals surface area contributed by atoms with Crippen LogP contribution in [0.25, 0.3) is 0 Å². The van der Waals surface area contributed by atoms with E-state index in [9.17, 15) is 13.2 Å². The molecule has 9 heteroatoms. The molecule has 0 saturated heterocycles. The Balaban J connectivity index is 1.96. The maximum atomic E-state index is 13.2. The molecule has 0 spiro atoms. The third kappa shape index (κ3) is 3.88. The van der Waals surface area contributed by atoms with E-state index < -0.39 is 16.0 Å². The number of hydrogen-bond donors (Lipinski definition) is 0. The van der Waals surface area contributed by atoms with Crippen LogP contribution in [0.3, 0.4) is 0 Å². The fraction of sp³-hybridized carbons (Fsp3) is 0.316. The second kappa shape index (κ2) is 8.28. The zero-order valence-corrected chi connectivity index (χ0v) is 17.0. The number of halogens is 1. The van der Waals surface area contributed by atoms with Gasteiger partial charge in [0.2, 0.25) is 0 Å². The van der Waals surface area contributed by atoms with Crippen molar-refractivity contribution in [3.8, 4) is 11.5 Å². The van der Waals surface area contributed by atoms with Gasteiger partial charge in [-0.25, -0.2) is 13.2 Å². The van der Waals surface area contributed by atoms with Gasteiger partial charge in [0.25, 0.3) is 10.0 Å². The van der Waals surface area contributed by atoms with Crippen molar-refractivity contribution >= 4 is 33.3 Å². The molecule has 2 aromatic carbocycles. The molecule has 2 aromatic rings. The summed E-state index contributed by atoms with van der Waals surface area (Å²) in [7, 11) is -3.87. The summed E-state index contributed by atoms with van der Waals surface area (Å²) in [5.41, 5.74) is 0.524. The Morgan fingerprint density at radius 2 is 1.82 bits per heavy atom. The second-order valence-electron chi connectivity index (χ2n) is 5.86. The van der Waals surface area contributed by atoms with Crippen LogP contribution in [0.4, 0.5) is 5.69 Å². The van der Waals surface area contributed by atoms with Crippen LogP contribution in [-0.2, 0) is 14.8 Å². The van der Waals surface area contributed by atoms with Gasteiger partial charge in [-0.3, -0.25) is 4.31 Å². The second-order valence-corrected chi connectivity index (χ2v) is 8.13. The molecule has 0 saturated carbocycles. The summed E-state index contributed by atoms with van der Waals surface area (Å²) >= 11 is 6.19. The molecule has 1 aliphatic heterocycles. The van der Waals surface area contributed by atoms with Crippen LogP contribution in [-0.4, -0.2) is 40.8 Å². The first-order valence-corrected chi connectivity index (χ1v) is 10.6. The molecule has 0 aromatic heterocycles. The summed E-state index contributed by atoms with van der Waals surface area (Å²) in [6, 6.07) is 8.91. The van der Waals surface area contributed by atoms with Crippen LogP contribution in [0.2, 0.25) is 5.02 Å². The number of benzene rings is 2. The molecule has 0 bridgehead atoms. The van der Waals surface area contributed by atoms with E-state index in [-0.39, 0.29) is 28.6 Å². The van der Waals surface area contributed by atoms with Crippen LogP contribution in [0.1, 0.15) is 24.2 Å². The Bertz CT molecular complexity index is 992. The Morgan fingerprint density at radius 1 is 1.11 bits per heavy atom. The van der Waals surface area contributed by atoms with Crippen molar-refractivity contribution < 1.29 is 27.4 Å². The Labute approximate surface area is 168 Å². The first kappa shape index (κ1) is 20.3. The molecule has 1 heterocycles. The van der Waals surface area contributed by atoms with Gasteiger partial charge in [-0.05, 0) is 44.2 Å². The van der Waals surface area contributed by atoms with E-state index >= 15 is 0 Å². The van der Waals surface area contributed by atoms with Gasteiger partial charge >= 0.3 is 5.97 Å². The summed E-state index contributed by atoms with van der Waals surface area (Å²) in [5, 5.41) is 0.117. The van der Waals surface area contributed by atoms with E-state index in [4.69, 9.17) is 25.8 Å². The number of nitrogens with zero attached hydrogens (tertiary/aromatic N) is 1. The maximum absolute atomic E-state index is 13.2. The molecule has 0 fully saturated rings. The number of sulfonamides is 1. The van der Waals surface area contributed by atoms with Crippen LogP contribution < -0.4 is 13.8 Å². The number of rotatable bonds is 6. The van der Waals surface area contributed by atoms with E-state index in [0.717, 1.165) is 0 Å². The molecule has 3 rings (SSSR count). The molecular weight excluding hydrogens is 406 g/mol. The average molecular weight is 426 g/mol. The summed E-state index contributed by atoms with van der Waals surface area (Å²) in [6.07, 6.45) is 0. The first-order chi connectivity index (χ1) is 13.4.